The monoisotopic (exact) mass is 396 g/mol. The Morgan fingerprint density at radius 2 is 1.90 bits per heavy atom. The van der Waals surface area contributed by atoms with Gasteiger partial charge >= 0.3 is 0 Å². The van der Waals surface area contributed by atoms with Crippen LogP contribution in [0.15, 0.2) is 53.7 Å². The van der Waals surface area contributed by atoms with Crippen LogP contribution in [0.25, 0.3) is 0 Å². The van der Waals surface area contributed by atoms with Gasteiger partial charge in [-0.2, -0.15) is 0 Å². The first-order chi connectivity index (χ1) is 14.2. The molecule has 1 heterocycles. The fourth-order valence-electron chi connectivity index (χ4n) is 3.62. The average molecular weight is 397 g/mol. The lowest BCUT2D eigenvalue weighted by molar-refractivity contribution is -0.120. The molecule has 1 unspecified atom stereocenters. The predicted molar refractivity (Wildman–Crippen MR) is 118 cm³/mol. The lowest BCUT2D eigenvalue weighted by Gasteiger charge is -2.34. The quantitative estimate of drug-likeness (QED) is 0.219. The molecule has 156 valence electrons. The number of nitrogens with zero attached hydrogens (tertiary/aromatic N) is 2. The molecule has 0 saturated heterocycles. The van der Waals surface area contributed by atoms with Gasteiger partial charge in [-0.25, -0.2) is 0 Å². The topological polar surface area (TPSA) is 105 Å². The number of oxime groups is 1. The normalized spacial score (nSPS) is 16.1. The minimum atomic E-state index is -0.277. The van der Waals surface area contributed by atoms with Gasteiger partial charge in [0.15, 0.2) is 5.84 Å². The second-order valence-corrected chi connectivity index (χ2v) is 6.84. The number of nitrogens with two attached hydrogens (primary N) is 2. The number of unbranched alkanes of at least 4 members (excludes halogenated alkanes) is 2. The number of rotatable bonds is 7. The lowest BCUT2D eigenvalue weighted by atomic mass is 9.85. The first-order valence-corrected chi connectivity index (χ1v) is 10.3. The average Bonchev–Trinajstić information content (AvgIpc) is 2.78. The fraction of sp³-hybridized carbons (Fsp3) is 0.391. The number of hydrogen-bond acceptors (Lipinski definition) is 4. The maximum atomic E-state index is 13.3. The van der Waals surface area contributed by atoms with Crippen LogP contribution >= 0.6 is 0 Å². The van der Waals surface area contributed by atoms with Crippen LogP contribution in [0.5, 0.6) is 0 Å². The van der Waals surface area contributed by atoms with Crippen LogP contribution in [0.4, 0.5) is 5.69 Å². The van der Waals surface area contributed by atoms with Gasteiger partial charge in [0.25, 0.3) is 0 Å². The van der Waals surface area contributed by atoms with Crippen LogP contribution in [0.3, 0.4) is 0 Å². The van der Waals surface area contributed by atoms with E-state index in [2.05, 4.69) is 11.2 Å². The number of amides is 1. The summed E-state index contributed by atoms with van der Waals surface area (Å²) >= 11 is 0. The number of amidine groups is 1. The van der Waals surface area contributed by atoms with E-state index in [0.29, 0.717) is 25.1 Å². The van der Waals surface area contributed by atoms with Crippen LogP contribution in [0.2, 0.25) is 0 Å². The molecule has 1 aliphatic rings. The third-order valence-corrected chi connectivity index (χ3v) is 5.05. The fourth-order valence-corrected chi connectivity index (χ4v) is 3.62. The smallest absolute Gasteiger partial charge is 0.234 e. The first-order valence-electron chi connectivity index (χ1n) is 10.3. The summed E-state index contributed by atoms with van der Waals surface area (Å²) in [6.07, 6.45) is 3.54. The Hall–Kier alpha value is -2.86. The van der Waals surface area contributed by atoms with Crippen molar-refractivity contribution in [1.29, 1.82) is 0 Å². The number of para-hydroxylation sites is 1. The number of anilines is 1. The van der Waals surface area contributed by atoms with Crippen molar-refractivity contribution in [3.8, 4) is 0 Å². The van der Waals surface area contributed by atoms with Crippen LogP contribution in [-0.4, -0.2) is 30.0 Å². The Morgan fingerprint density at radius 1 is 1.14 bits per heavy atom. The van der Waals surface area contributed by atoms with E-state index in [4.69, 9.17) is 16.7 Å². The van der Waals surface area contributed by atoms with Gasteiger partial charge in [0, 0.05) is 17.8 Å². The van der Waals surface area contributed by atoms with Crippen molar-refractivity contribution in [3.63, 3.8) is 0 Å². The molecule has 1 atom stereocenters. The van der Waals surface area contributed by atoms with Crippen LogP contribution in [0.1, 0.15) is 55.7 Å². The Balaban J connectivity index is 0.00000145. The maximum absolute atomic E-state index is 13.3. The zero-order valence-electron chi connectivity index (χ0n) is 17.3. The Labute approximate surface area is 173 Å². The van der Waals surface area contributed by atoms with Crippen LogP contribution in [0, 0.1) is 0 Å². The highest BCUT2D eigenvalue weighted by Gasteiger charge is 2.33. The van der Waals surface area contributed by atoms with Crippen molar-refractivity contribution in [3.05, 3.63) is 65.2 Å². The number of benzene rings is 2. The highest BCUT2D eigenvalue weighted by Crippen LogP contribution is 2.35. The molecule has 2 aromatic rings. The van der Waals surface area contributed by atoms with Crippen LogP contribution in [-0.2, 0) is 11.2 Å². The summed E-state index contributed by atoms with van der Waals surface area (Å²) in [5.74, 6) is -0.141. The van der Waals surface area contributed by atoms with Crippen molar-refractivity contribution in [2.45, 2.75) is 45.4 Å². The molecule has 0 bridgehead atoms. The Bertz CT molecular complexity index is 835. The van der Waals surface area contributed by atoms with Crippen molar-refractivity contribution in [2.75, 3.05) is 18.0 Å². The molecule has 0 saturated carbocycles. The highest BCUT2D eigenvalue weighted by atomic mass is 16.4. The molecule has 29 heavy (non-hydrogen) atoms. The summed E-state index contributed by atoms with van der Waals surface area (Å²) in [4.78, 5) is 15.2. The summed E-state index contributed by atoms with van der Waals surface area (Å²) in [5, 5.41) is 12.0. The van der Waals surface area contributed by atoms with E-state index >= 15 is 0 Å². The largest absolute Gasteiger partial charge is 0.409 e. The van der Waals surface area contributed by atoms with E-state index in [-0.39, 0.29) is 17.7 Å². The molecule has 0 radical (unpaired) electrons. The standard InChI is InChI=1S/C21H26N4O2.C2H6/c22-11-4-1-5-12-25-19-10-3-2-7-16(19)14-18(21(25)26)15-8-6-9-17(13-15)20(23)24-27;1-2/h2-3,6-10,13,18,27H,1,4-5,11-12,14,22H2,(H2,23,24);1-2H3. The molecular formula is C23H32N4O2. The minimum absolute atomic E-state index is 0.0409. The predicted octanol–water partition coefficient (Wildman–Crippen LogP) is 3.61. The minimum Gasteiger partial charge on any atom is -0.409 e. The highest BCUT2D eigenvalue weighted by molar-refractivity contribution is 6.02. The molecule has 5 N–H and O–H groups in total. The van der Waals surface area contributed by atoms with E-state index in [9.17, 15) is 4.79 Å². The molecule has 6 nitrogen and oxygen atoms in total. The zero-order chi connectivity index (χ0) is 21.2. The van der Waals surface area contributed by atoms with Gasteiger partial charge in [0.05, 0.1) is 5.92 Å². The molecule has 0 spiro atoms. The molecule has 0 aliphatic carbocycles. The third kappa shape index (κ3) is 5.35. The van der Waals surface area contributed by atoms with E-state index < -0.39 is 0 Å². The molecule has 0 fully saturated rings. The van der Waals surface area contributed by atoms with Crippen molar-refractivity contribution in [2.24, 2.45) is 16.6 Å². The third-order valence-electron chi connectivity index (χ3n) is 5.05. The molecule has 3 rings (SSSR count). The molecule has 6 heteroatoms. The summed E-state index contributed by atoms with van der Waals surface area (Å²) in [6, 6.07) is 15.4. The van der Waals surface area contributed by atoms with E-state index in [0.717, 1.165) is 36.1 Å². The van der Waals surface area contributed by atoms with Gasteiger partial charge in [-0.1, -0.05) is 61.8 Å². The van der Waals surface area contributed by atoms with Gasteiger partial charge in [0.1, 0.15) is 0 Å². The number of hydrogen-bond donors (Lipinski definition) is 3. The van der Waals surface area contributed by atoms with Crippen molar-refractivity contribution in [1.82, 2.24) is 0 Å². The van der Waals surface area contributed by atoms with Gasteiger partial charge in [-0.15, -0.1) is 0 Å². The SMILES string of the molecule is CC.NCCCCCN1C(=O)C(c2cccc(/C(N)=N/O)c2)Cc2ccccc21. The van der Waals surface area contributed by atoms with E-state index in [1.165, 1.54) is 0 Å². The van der Waals surface area contributed by atoms with Gasteiger partial charge in [-0.05, 0) is 49.1 Å². The molecule has 0 aromatic heterocycles. The lowest BCUT2D eigenvalue weighted by Crippen LogP contribution is -2.41. The van der Waals surface area contributed by atoms with E-state index in [1.54, 1.807) is 6.07 Å². The molecule has 1 aliphatic heterocycles. The maximum Gasteiger partial charge on any atom is 0.234 e. The summed E-state index contributed by atoms with van der Waals surface area (Å²) in [7, 11) is 0. The Kier molecular flexibility index (Phi) is 8.68. The van der Waals surface area contributed by atoms with Crippen molar-refractivity contribution < 1.29 is 10.0 Å². The number of fused-ring (bicyclic) bond motifs is 1. The van der Waals surface area contributed by atoms with Gasteiger partial charge in [-0.3, -0.25) is 4.79 Å². The molecule has 2 aromatic carbocycles. The summed E-state index contributed by atoms with van der Waals surface area (Å²) < 4.78 is 0. The van der Waals surface area contributed by atoms with Gasteiger partial charge < -0.3 is 21.6 Å². The van der Waals surface area contributed by atoms with Gasteiger partial charge in [0.2, 0.25) is 5.91 Å². The van der Waals surface area contributed by atoms with E-state index in [1.807, 2.05) is 55.1 Å². The van der Waals surface area contributed by atoms with Crippen LogP contribution < -0.4 is 16.4 Å². The summed E-state index contributed by atoms with van der Waals surface area (Å²) in [5.41, 5.74) is 15.0. The Morgan fingerprint density at radius 3 is 2.62 bits per heavy atom. The number of carbonyl (C=O) groups is 1. The molecular weight excluding hydrogens is 364 g/mol. The second-order valence-electron chi connectivity index (χ2n) is 6.84. The second kappa shape index (κ2) is 11.2. The zero-order valence-corrected chi connectivity index (χ0v) is 17.3. The molecule has 1 amide bonds. The number of carbonyl (C=O) groups excluding carboxylic acids is 1. The first kappa shape index (κ1) is 22.4. The summed E-state index contributed by atoms with van der Waals surface area (Å²) in [6.45, 7) is 5.36. The van der Waals surface area contributed by atoms with Crippen molar-refractivity contribution >= 4 is 17.4 Å².